The van der Waals surface area contributed by atoms with Crippen LogP contribution in [0.2, 0.25) is 0 Å². The van der Waals surface area contributed by atoms with Crippen molar-refractivity contribution in [3.05, 3.63) is 35.9 Å². The Morgan fingerprint density at radius 3 is 2.53 bits per heavy atom. The van der Waals surface area contributed by atoms with Crippen LogP contribution in [0.3, 0.4) is 0 Å². The van der Waals surface area contributed by atoms with E-state index < -0.39 is 0 Å². The Morgan fingerprint density at radius 1 is 1.33 bits per heavy atom. The SMILES string of the molecule is CCN(CCO)CC(Cl)c1ccccc1. The average Bonchev–Trinajstić information content (AvgIpc) is 2.29. The summed E-state index contributed by atoms with van der Waals surface area (Å²) in [5.74, 6) is 0. The molecule has 1 aromatic rings. The van der Waals surface area contributed by atoms with Crippen molar-refractivity contribution >= 4 is 11.6 Å². The van der Waals surface area contributed by atoms with E-state index >= 15 is 0 Å². The van der Waals surface area contributed by atoms with Crippen LogP contribution in [0.15, 0.2) is 30.3 Å². The Labute approximate surface area is 96.5 Å². The predicted molar refractivity (Wildman–Crippen MR) is 64.2 cm³/mol. The van der Waals surface area contributed by atoms with Crippen molar-refractivity contribution in [3.8, 4) is 0 Å². The number of nitrogens with zero attached hydrogens (tertiary/aromatic N) is 1. The molecule has 84 valence electrons. The van der Waals surface area contributed by atoms with Gasteiger partial charge in [0, 0.05) is 13.1 Å². The van der Waals surface area contributed by atoms with Gasteiger partial charge in [0.05, 0.1) is 12.0 Å². The van der Waals surface area contributed by atoms with Gasteiger partial charge in [0.25, 0.3) is 0 Å². The third kappa shape index (κ3) is 4.20. The van der Waals surface area contributed by atoms with Crippen LogP contribution in [-0.4, -0.2) is 36.2 Å². The monoisotopic (exact) mass is 227 g/mol. The number of rotatable bonds is 6. The molecule has 15 heavy (non-hydrogen) atoms. The minimum atomic E-state index is -0.00213. The molecule has 3 heteroatoms. The lowest BCUT2D eigenvalue weighted by Gasteiger charge is -2.22. The fourth-order valence-electron chi connectivity index (χ4n) is 1.51. The number of benzene rings is 1. The molecule has 0 amide bonds. The van der Waals surface area contributed by atoms with Crippen molar-refractivity contribution in [2.24, 2.45) is 0 Å². The largest absolute Gasteiger partial charge is 0.395 e. The number of aliphatic hydroxyl groups is 1. The van der Waals surface area contributed by atoms with E-state index in [0.29, 0.717) is 6.54 Å². The number of hydrogen-bond donors (Lipinski definition) is 1. The molecule has 0 aliphatic rings. The van der Waals surface area contributed by atoms with Gasteiger partial charge in [-0.15, -0.1) is 11.6 Å². The van der Waals surface area contributed by atoms with E-state index in [1.165, 1.54) is 0 Å². The second kappa shape index (κ2) is 6.83. The summed E-state index contributed by atoms with van der Waals surface area (Å²) in [7, 11) is 0. The number of hydrogen-bond acceptors (Lipinski definition) is 2. The van der Waals surface area contributed by atoms with Crippen molar-refractivity contribution in [1.29, 1.82) is 0 Å². The minimum Gasteiger partial charge on any atom is -0.395 e. The fraction of sp³-hybridized carbons (Fsp3) is 0.500. The molecular formula is C12H18ClNO. The molecule has 0 bridgehead atoms. The van der Waals surface area contributed by atoms with E-state index in [-0.39, 0.29) is 12.0 Å². The third-order valence-electron chi connectivity index (χ3n) is 2.44. The van der Waals surface area contributed by atoms with Gasteiger partial charge in [-0.05, 0) is 12.1 Å². The highest BCUT2D eigenvalue weighted by Crippen LogP contribution is 2.20. The van der Waals surface area contributed by atoms with Gasteiger partial charge < -0.3 is 5.11 Å². The predicted octanol–water partition coefficient (Wildman–Crippen LogP) is 2.28. The molecule has 0 spiro atoms. The normalized spacial score (nSPS) is 13.1. The first-order valence-electron chi connectivity index (χ1n) is 5.30. The van der Waals surface area contributed by atoms with E-state index in [1.807, 2.05) is 30.3 Å². The maximum absolute atomic E-state index is 8.87. The van der Waals surface area contributed by atoms with Gasteiger partial charge in [0.15, 0.2) is 0 Å². The summed E-state index contributed by atoms with van der Waals surface area (Å²) >= 11 is 6.29. The van der Waals surface area contributed by atoms with Crippen LogP contribution in [0.1, 0.15) is 17.9 Å². The summed E-state index contributed by atoms with van der Waals surface area (Å²) in [6.45, 7) is 4.64. The van der Waals surface area contributed by atoms with E-state index in [2.05, 4.69) is 11.8 Å². The molecule has 0 heterocycles. The van der Waals surface area contributed by atoms with Crippen LogP contribution in [0, 0.1) is 0 Å². The molecule has 0 fully saturated rings. The van der Waals surface area contributed by atoms with Crippen LogP contribution >= 0.6 is 11.6 Å². The number of likely N-dealkylation sites (N-methyl/N-ethyl adjacent to an activating group) is 1. The zero-order valence-electron chi connectivity index (χ0n) is 9.06. The van der Waals surface area contributed by atoms with Gasteiger partial charge in [-0.25, -0.2) is 0 Å². The topological polar surface area (TPSA) is 23.5 Å². The van der Waals surface area contributed by atoms with Crippen molar-refractivity contribution in [2.45, 2.75) is 12.3 Å². The van der Waals surface area contributed by atoms with Gasteiger partial charge in [0.2, 0.25) is 0 Å². The van der Waals surface area contributed by atoms with Crippen LogP contribution in [-0.2, 0) is 0 Å². The maximum Gasteiger partial charge on any atom is 0.0712 e. The highest BCUT2D eigenvalue weighted by Gasteiger charge is 2.11. The second-order valence-electron chi connectivity index (χ2n) is 3.50. The third-order valence-corrected chi connectivity index (χ3v) is 2.83. The fourth-order valence-corrected chi connectivity index (χ4v) is 1.85. The lowest BCUT2D eigenvalue weighted by Crippen LogP contribution is -2.29. The van der Waals surface area contributed by atoms with Gasteiger partial charge in [0.1, 0.15) is 0 Å². The first kappa shape index (κ1) is 12.5. The van der Waals surface area contributed by atoms with Crippen LogP contribution in [0.5, 0.6) is 0 Å². The molecule has 0 aliphatic heterocycles. The van der Waals surface area contributed by atoms with Crippen LogP contribution in [0.25, 0.3) is 0 Å². The molecule has 0 aliphatic carbocycles. The summed E-state index contributed by atoms with van der Waals surface area (Å²) in [6.07, 6.45) is 0. The molecule has 1 rings (SSSR count). The lowest BCUT2D eigenvalue weighted by molar-refractivity contribution is 0.202. The Morgan fingerprint density at radius 2 is 2.00 bits per heavy atom. The number of halogens is 1. The molecule has 0 aromatic heterocycles. The second-order valence-corrected chi connectivity index (χ2v) is 4.02. The van der Waals surface area contributed by atoms with Gasteiger partial charge in [-0.3, -0.25) is 4.90 Å². The summed E-state index contributed by atoms with van der Waals surface area (Å²) in [6, 6.07) is 10.0. The van der Waals surface area contributed by atoms with E-state index in [9.17, 15) is 0 Å². The van der Waals surface area contributed by atoms with Crippen molar-refractivity contribution in [2.75, 3.05) is 26.2 Å². The Kier molecular flexibility index (Phi) is 5.69. The average molecular weight is 228 g/mol. The summed E-state index contributed by atoms with van der Waals surface area (Å²) in [4.78, 5) is 2.14. The maximum atomic E-state index is 8.87. The number of alkyl halides is 1. The zero-order valence-corrected chi connectivity index (χ0v) is 9.82. The van der Waals surface area contributed by atoms with Crippen molar-refractivity contribution < 1.29 is 5.11 Å². The van der Waals surface area contributed by atoms with Gasteiger partial charge >= 0.3 is 0 Å². The molecule has 1 atom stereocenters. The highest BCUT2D eigenvalue weighted by atomic mass is 35.5. The van der Waals surface area contributed by atoms with E-state index in [4.69, 9.17) is 16.7 Å². The summed E-state index contributed by atoms with van der Waals surface area (Å²) < 4.78 is 0. The molecule has 1 unspecified atom stereocenters. The standard InChI is InChI=1S/C12H18ClNO/c1-2-14(8-9-15)10-12(13)11-6-4-3-5-7-11/h3-7,12,15H,2,8-10H2,1H3. The molecule has 1 aromatic carbocycles. The van der Waals surface area contributed by atoms with Crippen molar-refractivity contribution in [1.82, 2.24) is 4.90 Å². The van der Waals surface area contributed by atoms with Gasteiger partial charge in [-0.1, -0.05) is 37.3 Å². The highest BCUT2D eigenvalue weighted by molar-refractivity contribution is 6.21. The first-order valence-corrected chi connectivity index (χ1v) is 5.73. The Balaban J connectivity index is 2.50. The Bertz CT molecular complexity index is 266. The molecule has 0 saturated heterocycles. The number of aliphatic hydroxyl groups excluding tert-OH is 1. The van der Waals surface area contributed by atoms with Gasteiger partial charge in [-0.2, -0.15) is 0 Å². The molecular weight excluding hydrogens is 210 g/mol. The Hall–Kier alpha value is -0.570. The minimum absolute atomic E-state index is 0.00213. The molecule has 0 radical (unpaired) electrons. The molecule has 1 N–H and O–H groups in total. The summed E-state index contributed by atoms with van der Waals surface area (Å²) in [5, 5.41) is 8.86. The summed E-state index contributed by atoms with van der Waals surface area (Å²) in [5.41, 5.74) is 1.13. The van der Waals surface area contributed by atoms with Crippen LogP contribution in [0.4, 0.5) is 0 Å². The van der Waals surface area contributed by atoms with Crippen molar-refractivity contribution in [3.63, 3.8) is 0 Å². The first-order chi connectivity index (χ1) is 7.27. The molecule has 2 nitrogen and oxygen atoms in total. The molecule has 0 saturated carbocycles. The van der Waals surface area contributed by atoms with E-state index in [0.717, 1.165) is 18.7 Å². The van der Waals surface area contributed by atoms with E-state index in [1.54, 1.807) is 0 Å². The van der Waals surface area contributed by atoms with Crippen LogP contribution < -0.4 is 0 Å². The lowest BCUT2D eigenvalue weighted by atomic mass is 10.1. The quantitative estimate of drug-likeness (QED) is 0.754. The zero-order chi connectivity index (χ0) is 11.1. The smallest absolute Gasteiger partial charge is 0.0712 e.